The standard InChI is InChI=1S/C16H21F3N4O/c17-16(18,19)14(23-5-3-20-4-6-23)10-22-15(24)11-1-2-12-8-21-9-13(12)7-11/h1-2,7,14,20-21H,3-6,8-10H2,(H,22,24). The van der Waals surface area contributed by atoms with Gasteiger partial charge in [0.2, 0.25) is 0 Å². The molecule has 2 aliphatic heterocycles. The zero-order valence-electron chi connectivity index (χ0n) is 13.2. The number of carbonyl (C=O) groups excluding carboxylic acids is 1. The van der Waals surface area contributed by atoms with Gasteiger partial charge in [0.1, 0.15) is 6.04 Å². The van der Waals surface area contributed by atoms with Gasteiger partial charge in [-0.1, -0.05) is 6.07 Å². The van der Waals surface area contributed by atoms with Crippen LogP contribution in [0.15, 0.2) is 18.2 Å². The Hall–Kier alpha value is -1.64. The summed E-state index contributed by atoms with van der Waals surface area (Å²) < 4.78 is 39.9. The lowest BCUT2D eigenvalue weighted by Crippen LogP contribution is -2.57. The molecule has 0 saturated carbocycles. The molecule has 1 unspecified atom stereocenters. The fourth-order valence-electron chi connectivity index (χ4n) is 3.17. The van der Waals surface area contributed by atoms with Gasteiger partial charge in [-0.3, -0.25) is 9.69 Å². The third-order valence-corrected chi connectivity index (χ3v) is 4.53. The SMILES string of the molecule is O=C(NCC(N1CCNCC1)C(F)(F)F)c1ccc2c(c1)CNC2. The van der Waals surface area contributed by atoms with Gasteiger partial charge in [0.25, 0.3) is 5.91 Å². The molecule has 0 aromatic heterocycles. The minimum atomic E-state index is -4.37. The van der Waals surface area contributed by atoms with Crippen LogP contribution in [0.3, 0.4) is 0 Å². The Bertz CT molecular complexity index is 599. The molecular formula is C16H21F3N4O. The van der Waals surface area contributed by atoms with Gasteiger partial charge in [-0.2, -0.15) is 13.2 Å². The Kier molecular flexibility index (Phi) is 5.07. The van der Waals surface area contributed by atoms with Crippen LogP contribution in [0.25, 0.3) is 0 Å². The molecular weight excluding hydrogens is 321 g/mol. The number of benzene rings is 1. The highest BCUT2D eigenvalue weighted by molar-refractivity contribution is 5.94. The maximum atomic E-state index is 13.3. The Labute approximate surface area is 138 Å². The topological polar surface area (TPSA) is 56.4 Å². The predicted molar refractivity (Wildman–Crippen MR) is 83.6 cm³/mol. The van der Waals surface area contributed by atoms with Crippen molar-refractivity contribution in [2.75, 3.05) is 32.7 Å². The summed E-state index contributed by atoms with van der Waals surface area (Å²) in [5.74, 6) is -0.464. The van der Waals surface area contributed by atoms with E-state index in [1.54, 1.807) is 12.1 Å². The molecule has 1 saturated heterocycles. The largest absolute Gasteiger partial charge is 0.405 e. The van der Waals surface area contributed by atoms with E-state index in [9.17, 15) is 18.0 Å². The summed E-state index contributed by atoms with van der Waals surface area (Å²) in [7, 11) is 0. The Morgan fingerprint density at radius 2 is 1.88 bits per heavy atom. The number of alkyl halides is 3. The van der Waals surface area contributed by atoms with Crippen molar-refractivity contribution in [1.82, 2.24) is 20.9 Å². The molecule has 3 N–H and O–H groups in total. The van der Waals surface area contributed by atoms with Crippen LogP contribution in [0.4, 0.5) is 13.2 Å². The molecule has 0 aliphatic carbocycles. The Balaban J connectivity index is 1.64. The summed E-state index contributed by atoms with van der Waals surface area (Å²) in [6, 6.07) is 3.61. The van der Waals surface area contributed by atoms with E-state index in [-0.39, 0.29) is 0 Å². The van der Waals surface area contributed by atoms with E-state index in [1.807, 2.05) is 6.07 Å². The van der Waals surface area contributed by atoms with Crippen LogP contribution < -0.4 is 16.0 Å². The predicted octanol–water partition coefficient (Wildman–Crippen LogP) is 0.856. The first-order valence-corrected chi connectivity index (χ1v) is 8.07. The molecule has 3 rings (SSSR count). The number of fused-ring (bicyclic) bond motifs is 1. The third kappa shape index (κ3) is 3.88. The average molecular weight is 342 g/mol. The molecule has 2 heterocycles. The van der Waals surface area contributed by atoms with Crippen molar-refractivity contribution in [3.63, 3.8) is 0 Å². The number of hydrogen-bond acceptors (Lipinski definition) is 4. The maximum absolute atomic E-state index is 13.3. The lowest BCUT2D eigenvalue weighted by atomic mass is 10.1. The molecule has 0 bridgehead atoms. The maximum Gasteiger partial charge on any atom is 0.405 e. The zero-order chi connectivity index (χ0) is 17.2. The summed E-state index contributed by atoms with van der Waals surface area (Å²) in [5.41, 5.74) is 2.55. The molecule has 0 radical (unpaired) electrons. The second kappa shape index (κ2) is 7.08. The number of hydrogen-bond donors (Lipinski definition) is 3. The molecule has 1 amide bonds. The van der Waals surface area contributed by atoms with E-state index < -0.39 is 24.7 Å². The quantitative estimate of drug-likeness (QED) is 0.760. The van der Waals surface area contributed by atoms with E-state index in [1.165, 1.54) is 4.90 Å². The van der Waals surface area contributed by atoms with Gasteiger partial charge < -0.3 is 16.0 Å². The van der Waals surface area contributed by atoms with E-state index in [2.05, 4.69) is 16.0 Å². The summed E-state index contributed by atoms with van der Waals surface area (Å²) >= 11 is 0. The molecule has 1 aromatic rings. The summed E-state index contributed by atoms with van der Waals surface area (Å²) in [5, 5.41) is 8.66. The molecule has 132 valence electrons. The minimum Gasteiger partial charge on any atom is -0.350 e. The number of nitrogens with zero attached hydrogens (tertiary/aromatic N) is 1. The van der Waals surface area contributed by atoms with Crippen LogP contribution in [0.1, 0.15) is 21.5 Å². The highest BCUT2D eigenvalue weighted by Gasteiger charge is 2.43. The molecule has 0 spiro atoms. The summed E-state index contributed by atoms with van der Waals surface area (Å²) in [6.07, 6.45) is -4.37. The Morgan fingerprint density at radius 1 is 1.17 bits per heavy atom. The monoisotopic (exact) mass is 342 g/mol. The van der Waals surface area contributed by atoms with Crippen LogP contribution in [0.2, 0.25) is 0 Å². The molecule has 1 atom stereocenters. The molecule has 24 heavy (non-hydrogen) atoms. The van der Waals surface area contributed by atoms with Gasteiger partial charge >= 0.3 is 6.18 Å². The van der Waals surface area contributed by atoms with Crippen LogP contribution in [-0.2, 0) is 13.1 Å². The minimum absolute atomic E-state index is 0.324. The first kappa shape index (κ1) is 17.2. The zero-order valence-corrected chi connectivity index (χ0v) is 13.2. The molecule has 1 fully saturated rings. The fraction of sp³-hybridized carbons (Fsp3) is 0.562. The van der Waals surface area contributed by atoms with Crippen LogP contribution in [0, 0.1) is 0 Å². The second-order valence-corrected chi connectivity index (χ2v) is 6.14. The van der Waals surface area contributed by atoms with Crippen LogP contribution in [-0.4, -0.2) is 55.7 Å². The second-order valence-electron chi connectivity index (χ2n) is 6.14. The van der Waals surface area contributed by atoms with Crippen molar-refractivity contribution in [2.45, 2.75) is 25.3 Å². The average Bonchev–Trinajstić information content (AvgIpc) is 3.02. The van der Waals surface area contributed by atoms with Gasteiger partial charge in [-0.15, -0.1) is 0 Å². The summed E-state index contributed by atoms with van der Waals surface area (Å²) in [6.45, 7) is 2.71. The van der Waals surface area contributed by atoms with E-state index in [0.29, 0.717) is 38.3 Å². The van der Waals surface area contributed by atoms with E-state index >= 15 is 0 Å². The van der Waals surface area contributed by atoms with Crippen molar-refractivity contribution >= 4 is 5.91 Å². The van der Waals surface area contributed by atoms with Gasteiger partial charge in [0.05, 0.1) is 0 Å². The van der Waals surface area contributed by atoms with Gasteiger partial charge in [-0.05, 0) is 23.3 Å². The van der Waals surface area contributed by atoms with Crippen molar-refractivity contribution in [1.29, 1.82) is 0 Å². The first-order chi connectivity index (χ1) is 11.4. The number of carbonyl (C=O) groups is 1. The van der Waals surface area contributed by atoms with E-state index in [0.717, 1.165) is 17.7 Å². The molecule has 2 aliphatic rings. The molecule has 5 nitrogen and oxygen atoms in total. The van der Waals surface area contributed by atoms with Crippen molar-refractivity contribution < 1.29 is 18.0 Å². The Morgan fingerprint density at radius 3 is 2.58 bits per heavy atom. The van der Waals surface area contributed by atoms with Crippen molar-refractivity contribution in [2.24, 2.45) is 0 Å². The molecule has 8 heteroatoms. The van der Waals surface area contributed by atoms with Crippen LogP contribution >= 0.6 is 0 Å². The van der Waals surface area contributed by atoms with Gasteiger partial charge in [-0.25, -0.2) is 0 Å². The highest BCUT2D eigenvalue weighted by Crippen LogP contribution is 2.25. The van der Waals surface area contributed by atoms with Crippen molar-refractivity contribution in [3.05, 3.63) is 34.9 Å². The number of rotatable bonds is 4. The van der Waals surface area contributed by atoms with Crippen molar-refractivity contribution in [3.8, 4) is 0 Å². The fourth-order valence-corrected chi connectivity index (χ4v) is 3.17. The summed E-state index contributed by atoms with van der Waals surface area (Å²) in [4.78, 5) is 13.6. The first-order valence-electron chi connectivity index (χ1n) is 8.07. The number of halogens is 3. The van der Waals surface area contributed by atoms with Gasteiger partial charge in [0, 0.05) is 51.4 Å². The number of amides is 1. The van der Waals surface area contributed by atoms with Gasteiger partial charge in [0.15, 0.2) is 0 Å². The lowest BCUT2D eigenvalue weighted by Gasteiger charge is -2.35. The highest BCUT2D eigenvalue weighted by atomic mass is 19.4. The normalized spacial score (nSPS) is 19.8. The van der Waals surface area contributed by atoms with Crippen LogP contribution in [0.5, 0.6) is 0 Å². The smallest absolute Gasteiger partial charge is 0.350 e. The number of nitrogens with one attached hydrogen (secondary N) is 3. The lowest BCUT2D eigenvalue weighted by molar-refractivity contribution is -0.183. The molecule has 1 aromatic carbocycles. The van der Waals surface area contributed by atoms with E-state index in [4.69, 9.17) is 0 Å². The third-order valence-electron chi connectivity index (χ3n) is 4.53. The number of piperazine rings is 1.